The van der Waals surface area contributed by atoms with Crippen LogP contribution in [-0.4, -0.2) is 11.7 Å². The van der Waals surface area contributed by atoms with E-state index in [0.717, 1.165) is 41.4 Å². The van der Waals surface area contributed by atoms with Crippen LogP contribution in [-0.2, 0) is 0 Å². The van der Waals surface area contributed by atoms with E-state index in [4.69, 9.17) is 0 Å². The lowest BCUT2D eigenvalue weighted by molar-refractivity contribution is -0.127. The first-order chi connectivity index (χ1) is 14.6. The largest absolute Gasteiger partial charge is 0.396 e. The third-order valence-corrected chi connectivity index (χ3v) is 12.5. The first-order valence-electron chi connectivity index (χ1n) is 14.2. The van der Waals surface area contributed by atoms with Crippen LogP contribution in [0.4, 0.5) is 0 Å². The van der Waals surface area contributed by atoms with Crippen LogP contribution in [0.15, 0.2) is 0 Å². The smallest absolute Gasteiger partial charge is 0.0462 e. The molecule has 4 rings (SSSR count). The lowest BCUT2D eigenvalue weighted by Gasteiger charge is -2.62. The number of fused-ring (bicyclic) bond motifs is 5. The summed E-state index contributed by atoms with van der Waals surface area (Å²) in [5.41, 5.74) is 1.20. The van der Waals surface area contributed by atoms with Gasteiger partial charge in [-0.1, -0.05) is 61.3 Å². The molecule has 4 aliphatic carbocycles. The quantitative estimate of drug-likeness (QED) is 0.450. The van der Waals surface area contributed by atoms with E-state index in [9.17, 15) is 5.11 Å². The summed E-state index contributed by atoms with van der Waals surface area (Å²) in [6.07, 6.45) is 14.7. The van der Waals surface area contributed by atoms with Gasteiger partial charge >= 0.3 is 0 Å². The van der Waals surface area contributed by atoms with Crippen molar-refractivity contribution < 1.29 is 5.11 Å². The van der Waals surface area contributed by atoms with Crippen LogP contribution in [0.5, 0.6) is 0 Å². The van der Waals surface area contributed by atoms with Crippen molar-refractivity contribution in [1.82, 2.24) is 0 Å². The Morgan fingerprint density at radius 3 is 2.16 bits per heavy atom. The Balaban J connectivity index is 1.49. The molecule has 0 aromatic heterocycles. The maximum Gasteiger partial charge on any atom is 0.0462 e. The molecule has 0 saturated heterocycles. The monoisotopic (exact) mass is 430 g/mol. The highest BCUT2D eigenvalue weighted by Crippen LogP contribution is 2.69. The fraction of sp³-hybridized carbons (Fsp3) is 1.00. The van der Waals surface area contributed by atoms with Gasteiger partial charge in [0.25, 0.3) is 0 Å². The highest BCUT2D eigenvalue weighted by Gasteiger charge is 2.60. The van der Waals surface area contributed by atoms with Crippen LogP contribution in [0, 0.1) is 70.0 Å². The third kappa shape index (κ3) is 3.95. The normalized spacial score (nSPS) is 47.9. The van der Waals surface area contributed by atoms with E-state index < -0.39 is 0 Å². The Morgan fingerprint density at radius 1 is 0.806 bits per heavy atom. The Hall–Kier alpha value is -0.0400. The van der Waals surface area contributed by atoms with Crippen LogP contribution in [0.25, 0.3) is 0 Å². The highest BCUT2D eigenvalue weighted by molar-refractivity contribution is 5.10. The summed E-state index contributed by atoms with van der Waals surface area (Å²) in [5, 5.41) is 10.1. The van der Waals surface area contributed by atoms with Crippen LogP contribution >= 0.6 is 0 Å². The van der Waals surface area contributed by atoms with Crippen molar-refractivity contribution >= 4 is 0 Å². The molecule has 1 nitrogen and oxygen atoms in total. The van der Waals surface area contributed by atoms with Crippen LogP contribution in [0.3, 0.4) is 0 Å². The molecule has 1 heteroatoms. The number of rotatable bonds is 6. The molecule has 0 aliphatic heterocycles. The van der Waals surface area contributed by atoms with Gasteiger partial charge in [0.15, 0.2) is 0 Å². The Morgan fingerprint density at radius 2 is 1.48 bits per heavy atom. The predicted octanol–water partition coefficient (Wildman–Crippen LogP) is 8.21. The first-order valence-corrected chi connectivity index (χ1v) is 14.2. The van der Waals surface area contributed by atoms with E-state index in [1.54, 1.807) is 0 Å². The molecule has 1 N–H and O–H groups in total. The molecule has 0 aromatic rings. The van der Waals surface area contributed by atoms with E-state index in [-0.39, 0.29) is 0 Å². The Labute approximate surface area is 194 Å². The molecule has 0 amide bonds. The van der Waals surface area contributed by atoms with Gasteiger partial charge < -0.3 is 5.11 Å². The molecule has 0 unspecified atom stereocenters. The molecular formula is C30H54O. The van der Waals surface area contributed by atoms with Crippen LogP contribution < -0.4 is 0 Å². The Kier molecular flexibility index (Phi) is 6.96. The molecule has 4 fully saturated rings. The summed E-state index contributed by atoms with van der Waals surface area (Å²) in [6.45, 7) is 17.9. The summed E-state index contributed by atoms with van der Waals surface area (Å²) in [5.74, 6) is 8.36. The topological polar surface area (TPSA) is 20.2 Å². The lowest BCUT2D eigenvalue weighted by Crippen LogP contribution is -2.54. The molecule has 180 valence electrons. The zero-order valence-electron chi connectivity index (χ0n) is 22.0. The Bertz CT molecular complexity index is 612. The van der Waals surface area contributed by atoms with Crippen LogP contribution in [0.2, 0.25) is 0 Å². The highest BCUT2D eigenvalue weighted by atomic mass is 16.3. The zero-order chi connectivity index (χ0) is 22.6. The molecule has 0 bridgehead atoms. The molecule has 0 aromatic carbocycles. The number of aliphatic hydroxyl groups is 1. The van der Waals surface area contributed by atoms with Crippen LogP contribution in [0.1, 0.15) is 113 Å². The fourth-order valence-electron chi connectivity index (χ4n) is 10.4. The average Bonchev–Trinajstić information content (AvgIpc) is 3.08. The maximum atomic E-state index is 10.1. The van der Waals surface area contributed by atoms with E-state index in [0.29, 0.717) is 35.2 Å². The second-order valence-electron chi connectivity index (χ2n) is 13.9. The van der Waals surface area contributed by atoms with Crippen molar-refractivity contribution in [2.75, 3.05) is 6.61 Å². The molecular weight excluding hydrogens is 376 g/mol. The van der Waals surface area contributed by atoms with Gasteiger partial charge in [-0.05, 0) is 121 Å². The van der Waals surface area contributed by atoms with Crippen molar-refractivity contribution in [2.45, 2.75) is 113 Å². The molecule has 0 spiro atoms. The summed E-state index contributed by atoms with van der Waals surface area (Å²) < 4.78 is 0. The number of aliphatic hydroxyl groups excluding tert-OH is 1. The van der Waals surface area contributed by atoms with Gasteiger partial charge in [0.05, 0.1) is 0 Å². The molecule has 4 aliphatic rings. The fourth-order valence-corrected chi connectivity index (χ4v) is 10.4. The average molecular weight is 431 g/mol. The summed E-state index contributed by atoms with van der Waals surface area (Å²) in [4.78, 5) is 0. The molecule has 0 heterocycles. The molecule has 31 heavy (non-hydrogen) atoms. The molecule has 4 saturated carbocycles. The van der Waals surface area contributed by atoms with Gasteiger partial charge in [0.2, 0.25) is 0 Å². The zero-order valence-corrected chi connectivity index (χ0v) is 22.0. The summed E-state index contributed by atoms with van der Waals surface area (Å²) in [7, 11) is 0. The first kappa shape index (κ1) is 24.1. The third-order valence-electron chi connectivity index (χ3n) is 12.5. The van der Waals surface area contributed by atoms with Gasteiger partial charge in [-0.3, -0.25) is 0 Å². The van der Waals surface area contributed by atoms with E-state index in [2.05, 4.69) is 48.5 Å². The standard InChI is InChI=1S/C30H54O/c1-19(2)22(5)23(18-31)17-21(4)26-12-13-27-24-10-11-25-20(3)9-8-15-29(25,6)28(24)14-16-30(26,27)7/h19-28,31H,8-18H2,1-7H3/t20-,21-,22-,23-,24+,25+,26-,27+,28+,29+,30-/m1/s1. The van der Waals surface area contributed by atoms with Gasteiger partial charge in [0, 0.05) is 6.61 Å². The SMILES string of the molecule is CC(C)[C@@H](C)[C@@H](CO)C[C@@H](C)[C@H]1CC[C@H]2[C@@H]3CC[C@H]4[C@H](C)CCC[C@]4(C)[C@H]3CC[C@]12C. The van der Waals surface area contributed by atoms with Gasteiger partial charge in [-0.15, -0.1) is 0 Å². The van der Waals surface area contributed by atoms with Crippen molar-refractivity contribution in [3.05, 3.63) is 0 Å². The number of hydrogen-bond donors (Lipinski definition) is 1. The van der Waals surface area contributed by atoms with Gasteiger partial charge in [-0.25, -0.2) is 0 Å². The minimum absolute atomic E-state index is 0.374. The van der Waals surface area contributed by atoms with Crippen molar-refractivity contribution in [3.8, 4) is 0 Å². The van der Waals surface area contributed by atoms with Gasteiger partial charge in [-0.2, -0.15) is 0 Å². The van der Waals surface area contributed by atoms with E-state index >= 15 is 0 Å². The maximum absolute atomic E-state index is 10.1. The predicted molar refractivity (Wildman–Crippen MR) is 133 cm³/mol. The van der Waals surface area contributed by atoms with E-state index in [1.165, 1.54) is 64.2 Å². The molecule has 0 radical (unpaired) electrons. The number of hydrogen-bond acceptors (Lipinski definition) is 1. The van der Waals surface area contributed by atoms with Crippen molar-refractivity contribution in [1.29, 1.82) is 0 Å². The van der Waals surface area contributed by atoms with Gasteiger partial charge in [0.1, 0.15) is 0 Å². The minimum atomic E-state index is 0.374. The summed E-state index contributed by atoms with van der Waals surface area (Å²) >= 11 is 0. The summed E-state index contributed by atoms with van der Waals surface area (Å²) in [6, 6.07) is 0. The second kappa shape index (κ2) is 8.96. The minimum Gasteiger partial charge on any atom is -0.396 e. The lowest BCUT2D eigenvalue weighted by atomic mass is 9.43. The van der Waals surface area contributed by atoms with E-state index in [1.807, 2.05) is 0 Å². The second-order valence-corrected chi connectivity index (χ2v) is 13.9. The van der Waals surface area contributed by atoms with Crippen molar-refractivity contribution in [3.63, 3.8) is 0 Å². The van der Waals surface area contributed by atoms with Crippen molar-refractivity contribution in [2.24, 2.45) is 70.0 Å². The molecule has 11 atom stereocenters.